The third-order valence-electron chi connectivity index (χ3n) is 4.34. The zero-order valence-corrected chi connectivity index (χ0v) is 17.1. The van der Waals surface area contributed by atoms with Gasteiger partial charge in [-0.25, -0.2) is 0 Å². The molecule has 2 aromatic heterocycles. The van der Waals surface area contributed by atoms with Crippen LogP contribution in [0.3, 0.4) is 0 Å². The largest absolute Gasteiger partial charge is 0.383 e. The molecule has 2 aromatic carbocycles. The predicted molar refractivity (Wildman–Crippen MR) is 111 cm³/mol. The van der Waals surface area contributed by atoms with Crippen molar-refractivity contribution in [3.8, 4) is 22.8 Å². The summed E-state index contributed by atoms with van der Waals surface area (Å²) in [6.45, 7) is 3.30. The van der Waals surface area contributed by atoms with Gasteiger partial charge in [-0.15, -0.1) is 10.2 Å². The minimum absolute atomic E-state index is 0.513. The Balaban J connectivity index is 1.53. The van der Waals surface area contributed by atoms with Crippen LogP contribution in [-0.4, -0.2) is 38.6 Å². The van der Waals surface area contributed by atoms with Crippen molar-refractivity contribution in [2.45, 2.75) is 24.4 Å². The van der Waals surface area contributed by atoms with Crippen LogP contribution < -0.4 is 0 Å². The molecule has 4 rings (SSSR count). The Kier molecular flexibility index (Phi) is 6.02. The molecule has 0 aliphatic rings. The van der Waals surface area contributed by atoms with Crippen molar-refractivity contribution in [1.29, 1.82) is 0 Å². The van der Waals surface area contributed by atoms with Gasteiger partial charge >= 0.3 is 0 Å². The van der Waals surface area contributed by atoms with Crippen LogP contribution in [0.15, 0.2) is 64.3 Å². The highest BCUT2D eigenvalue weighted by molar-refractivity contribution is 7.98. The Morgan fingerprint density at radius 1 is 1.03 bits per heavy atom. The van der Waals surface area contributed by atoms with Gasteiger partial charge in [0, 0.05) is 18.2 Å². The van der Waals surface area contributed by atoms with Crippen LogP contribution >= 0.6 is 11.8 Å². The number of aromatic nitrogens is 5. The van der Waals surface area contributed by atoms with E-state index < -0.39 is 0 Å². The molecule has 0 amide bonds. The minimum Gasteiger partial charge on any atom is -0.383 e. The Morgan fingerprint density at radius 2 is 1.86 bits per heavy atom. The molecule has 2 heterocycles. The topological polar surface area (TPSA) is 78.9 Å². The Labute approximate surface area is 173 Å². The Hall–Kier alpha value is -2.97. The van der Waals surface area contributed by atoms with Gasteiger partial charge in [0.1, 0.15) is 0 Å². The molecule has 8 heteroatoms. The first-order valence-corrected chi connectivity index (χ1v) is 10.2. The summed E-state index contributed by atoms with van der Waals surface area (Å²) in [5.41, 5.74) is 3.14. The molecule has 4 aromatic rings. The van der Waals surface area contributed by atoms with E-state index in [1.165, 1.54) is 17.3 Å². The van der Waals surface area contributed by atoms with Crippen LogP contribution in [0.1, 0.15) is 11.5 Å². The van der Waals surface area contributed by atoms with E-state index in [0.717, 1.165) is 22.1 Å². The van der Waals surface area contributed by atoms with Gasteiger partial charge in [0.2, 0.25) is 11.7 Å². The molecule has 0 bridgehead atoms. The molecular formula is C21H21N5O2S. The van der Waals surface area contributed by atoms with Crippen LogP contribution in [0, 0.1) is 6.92 Å². The average molecular weight is 407 g/mol. The number of methoxy groups -OCH3 is 1. The maximum Gasteiger partial charge on any atom is 0.237 e. The molecule has 0 N–H and O–H groups in total. The maximum atomic E-state index is 5.40. The van der Waals surface area contributed by atoms with E-state index in [4.69, 9.17) is 9.26 Å². The lowest BCUT2D eigenvalue weighted by atomic mass is 10.1. The van der Waals surface area contributed by atoms with Crippen LogP contribution in [0.5, 0.6) is 0 Å². The lowest BCUT2D eigenvalue weighted by Gasteiger charge is -2.09. The second kappa shape index (κ2) is 9.02. The third-order valence-corrected chi connectivity index (χ3v) is 5.29. The van der Waals surface area contributed by atoms with E-state index in [-0.39, 0.29) is 0 Å². The lowest BCUT2D eigenvalue weighted by molar-refractivity contribution is 0.185. The van der Waals surface area contributed by atoms with Crippen molar-refractivity contribution in [3.05, 3.63) is 66.1 Å². The van der Waals surface area contributed by atoms with E-state index >= 15 is 0 Å². The number of aryl methyl sites for hydroxylation is 1. The van der Waals surface area contributed by atoms with E-state index in [0.29, 0.717) is 30.6 Å². The molecule has 0 atom stereocenters. The fourth-order valence-corrected chi connectivity index (χ4v) is 3.72. The number of benzene rings is 2. The first-order chi connectivity index (χ1) is 14.2. The van der Waals surface area contributed by atoms with Crippen molar-refractivity contribution >= 4 is 11.8 Å². The van der Waals surface area contributed by atoms with Gasteiger partial charge in [-0.3, -0.25) is 4.57 Å². The van der Waals surface area contributed by atoms with Crippen molar-refractivity contribution in [2.24, 2.45) is 0 Å². The number of ether oxygens (including phenoxy) is 1. The summed E-state index contributed by atoms with van der Waals surface area (Å²) in [4.78, 5) is 4.48. The monoisotopic (exact) mass is 407 g/mol. The molecule has 7 nitrogen and oxygen atoms in total. The number of nitrogens with zero attached hydrogens (tertiary/aromatic N) is 5. The standard InChI is InChI=1S/C21H21N5O2S/c1-15-7-6-10-17(13-15)20-23-24-21(26(20)11-12-27-2)29-14-18-22-19(25-28-18)16-8-4-3-5-9-16/h3-10,13H,11-12,14H2,1-2H3. The highest BCUT2D eigenvalue weighted by Crippen LogP contribution is 2.27. The second-order valence-corrected chi connectivity index (χ2v) is 7.43. The number of hydrogen-bond acceptors (Lipinski definition) is 7. The Bertz CT molecular complexity index is 1080. The SMILES string of the molecule is COCCn1c(SCc2nc(-c3ccccc3)no2)nnc1-c1cccc(C)c1. The van der Waals surface area contributed by atoms with Gasteiger partial charge < -0.3 is 9.26 Å². The van der Waals surface area contributed by atoms with Crippen LogP contribution in [-0.2, 0) is 17.0 Å². The van der Waals surface area contributed by atoms with Crippen molar-refractivity contribution in [2.75, 3.05) is 13.7 Å². The fraction of sp³-hybridized carbons (Fsp3) is 0.238. The van der Waals surface area contributed by atoms with Gasteiger partial charge in [0.05, 0.1) is 18.9 Å². The molecule has 148 valence electrons. The van der Waals surface area contributed by atoms with Gasteiger partial charge in [-0.2, -0.15) is 4.98 Å². The molecule has 0 radical (unpaired) electrons. The van der Waals surface area contributed by atoms with E-state index in [9.17, 15) is 0 Å². The summed E-state index contributed by atoms with van der Waals surface area (Å²) in [6.07, 6.45) is 0. The molecule has 0 spiro atoms. The maximum absolute atomic E-state index is 5.40. The molecule has 29 heavy (non-hydrogen) atoms. The number of rotatable bonds is 8. The molecular weight excluding hydrogens is 386 g/mol. The summed E-state index contributed by atoms with van der Waals surface area (Å²) in [7, 11) is 1.69. The predicted octanol–water partition coefficient (Wildman–Crippen LogP) is 4.24. The molecule has 0 fully saturated rings. The van der Waals surface area contributed by atoms with E-state index in [2.05, 4.69) is 44.0 Å². The quantitative estimate of drug-likeness (QED) is 0.404. The molecule has 0 saturated heterocycles. The summed E-state index contributed by atoms with van der Waals surface area (Å²) < 4.78 is 12.7. The van der Waals surface area contributed by atoms with Crippen LogP contribution in [0.2, 0.25) is 0 Å². The van der Waals surface area contributed by atoms with E-state index in [1.54, 1.807) is 7.11 Å². The zero-order chi connectivity index (χ0) is 20.1. The summed E-state index contributed by atoms with van der Waals surface area (Å²) >= 11 is 1.52. The van der Waals surface area contributed by atoms with Gasteiger partial charge in [-0.1, -0.05) is 71.0 Å². The summed E-state index contributed by atoms with van der Waals surface area (Å²) in [5.74, 6) is 2.47. The van der Waals surface area contributed by atoms with Crippen LogP contribution in [0.4, 0.5) is 0 Å². The van der Waals surface area contributed by atoms with Crippen LogP contribution in [0.25, 0.3) is 22.8 Å². The second-order valence-electron chi connectivity index (χ2n) is 6.49. The van der Waals surface area contributed by atoms with Gasteiger partial charge in [0.25, 0.3) is 0 Å². The average Bonchev–Trinajstić information content (AvgIpc) is 3.38. The number of thioether (sulfide) groups is 1. The van der Waals surface area contributed by atoms with Crippen molar-refractivity contribution in [3.63, 3.8) is 0 Å². The zero-order valence-electron chi connectivity index (χ0n) is 16.3. The smallest absolute Gasteiger partial charge is 0.237 e. The molecule has 0 aliphatic heterocycles. The first kappa shape index (κ1) is 19.4. The normalized spacial score (nSPS) is 11.1. The first-order valence-electron chi connectivity index (χ1n) is 9.24. The molecule has 0 unspecified atom stereocenters. The van der Waals surface area contributed by atoms with Gasteiger partial charge in [0.15, 0.2) is 11.0 Å². The summed E-state index contributed by atoms with van der Waals surface area (Å²) in [6, 6.07) is 18.0. The fourth-order valence-electron chi connectivity index (χ4n) is 2.92. The third kappa shape index (κ3) is 4.55. The highest BCUT2D eigenvalue weighted by Gasteiger charge is 2.16. The minimum atomic E-state index is 0.513. The Morgan fingerprint density at radius 3 is 2.66 bits per heavy atom. The molecule has 0 aliphatic carbocycles. The van der Waals surface area contributed by atoms with Gasteiger partial charge in [-0.05, 0) is 13.0 Å². The number of hydrogen-bond donors (Lipinski definition) is 0. The molecule has 0 saturated carbocycles. The van der Waals surface area contributed by atoms with Crippen molar-refractivity contribution in [1.82, 2.24) is 24.9 Å². The van der Waals surface area contributed by atoms with E-state index in [1.807, 2.05) is 42.5 Å². The summed E-state index contributed by atoms with van der Waals surface area (Å²) in [5, 5.41) is 13.7. The van der Waals surface area contributed by atoms with Crippen molar-refractivity contribution < 1.29 is 9.26 Å². The highest BCUT2D eigenvalue weighted by atomic mass is 32.2. The lowest BCUT2D eigenvalue weighted by Crippen LogP contribution is -2.07.